The fourth-order valence-corrected chi connectivity index (χ4v) is 5.02. The predicted octanol–water partition coefficient (Wildman–Crippen LogP) is 5.00. The van der Waals surface area contributed by atoms with Gasteiger partial charge in [0.25, 0.3) is 0 Å². The minimum atomic E-state index is -1.03. The lowest BCUT2D eigenvalue weighted by Gasteiger charge is -2.37. The minimum Gasteiger partial charge on any atom is -0.325 e. The summed E-state index contributed by atoms with van der Waals surface area (Å²) in [5, 5.41) is 6.34. The van der Waals surface area contributed by atoms with Gasteiger partial charge >= 0.3 is 0 Å². The number of nitrogens with one attached hydrogen (secondary N) is 2. The van der Waals surface area contributed by atoms with Gasteiger partial charge in [-0.1, -0.05) is 50.6 Å². The Morgan fingerprint density at radius 3 is 2.68 bits per heavy atom. The smallest absolute Gasteiger partial charge is 0.237 e. The van der Waals surface area contributed by atoms with Crippen LogP contribution in [0.3, 0.4) is 0 Å². The maximum atomic E-state index is 15.0. The number of carbonyl (C=O) groups is 1. The summed E-state index contributed by atoms with van der Waals surface area (Å²) in [6.07, 6.45) is 0.704. The monoisotopic (exact) mass is 404 g/mol. The summed E-state index contributed by atoms with van der Waals surface area (Å²) >= 11 is 6.04. The van der Waals surface area contributed by atoms with Crippen LogP contribution < -0.4 is 10.6 Å². The number of halogens is 3. The summed E-state index contributed by atoms with van der Waals surface area (Å²) < 4.78 is 28.8. The van der Waals surface area contributed by atoms with E-state index in [-0.39, 0.29) is 22.4 Å². The van der Waals surface area contributed by atoms with Crippen LogP contribution in [0, 0.1) is 17.0 Å². The predicted molar refractivity (Wildman–Crippen MR) is 107 cm³/mol. The molecule has 2 aromatic rings. The molecule has 4 rings (SSSR count). The molecular formula is C22H23ClF2N2O. The Kier molecular flexibility index (Phi) is 4.51. The molecule has 2 aromatic carbocycles. The molecule has 148 valence electrons. The number of benzene rings is 2. The van der Waals surface area contributed by atoms with Crippen LogP contribution in [0.4, 0.5) is 14.5 Å². The van der Waals surface area contributed by atoms with Crippen molar-refractivity contribution in [2.75, 3.05) is 11.9 Å². The summed E-state index contributed by atoms with van der Waals surface area (Å²) in [5.74, 6) is -1.60. The number of hydrogen-bond donors (Lipinski definition) is 2. The van der Waals surface area contributed by atoms with Crippen LogP contribution in [0.2, 0.25) is 5.02 Å². The van der Waals surface area contributed by atoms with Crippen LogP contribution in [-0.2, 0) is 10.2 Å². The first-order valence-electron chi connectivity index (χ1n) is 9.43. The Morgan fingerprint density at radius 2 is 1.96 bits per heavy atom. The Balaban J connectivity index is 1.94. The van der Waals surface area contributed by atoms with Crippen LogP contribution in [0.5, 0.6) is 0 Å². The van der Waals surface area contributed by atoms with E-state index in [0.29, 0.717) is 29.8 Å². The van der Waals surface area contributed by atoms with Gasteiger partial charge in [0.15, 0.2) is 0 Å². The quantitative estimate of drug-likeness (QED) is 0.739. The Morgan fingerprint density at radius 1 is 1.21 bits per heavy atom. The second-order valence-electron chi connectivity index (χ2n) is 8.93. The number of fused-ring (bicyclic) bond motifs is 2. The van der Waals surface area contributed by atoms with Crippen molar-refractivity contribution in [3.63, 3.8) is 0 Å². The number of hydrogen-bond acceptors (Lipinski definition) is 2. The van der Waals surface area contributed by atoms with Crippen LogP contribution in [0.1, 0.15) is 44.2 Å². The second-order valence-corrected chi connectivity index (χ2v) is 9.34. The van der Waals surface area contributed by atoms with E-state index in [2.05, 4.69) is 31.4 Å². The van der Waals surface area contributed by atoms with Crippen molar-refractivity contribution in [3.8, 4) is 0 Å². The summed E-state index contributed by atoms with van der Waals surface area (Å²) in [6, 6.07) is 9.01. The molecular weight excluding hydrogens is 382 g/mol. The molecule has 1 amide bonds. The zero-order valence-corrected chi connectivity index (χ0v) is 16.8. The molecule has 28 heavy (non-hydrogen) atoms. The number of amides is 1. The molecule has 3 nitrogen and oxygen atoms in total. The third-order valence-electron chi connectivity index (χ3n) is 5.89. The molecule has 6 heteroatoms. The molecule has 0 saturated carbocycles. The summed E-state index contributed by atoms with van der Waals surface area (Å²) in [5.41, 5.74) is 0.489. The van der Waals surface area contributed by atoms with Crippen molar-refractivity contribution in [3.05, 3.63) is 64.2 Å². The van der Waals surface area contributed by atoms with Gasteiger partial charge in [-0.25, -0.2) is 8.78 Å². The molecule has 1 spiro atoms. The summed E-state index contributed by atoms with van der Waals surface area (Å²) in [4.78, 5) is 13.4. The largest absolute Gasteiger partial charge is 0.325 e. The van der Waals surface area contributed by atoms with Crippen LogP contribution in [0.15, 0.2) is 36.4 Å². The van der Waals surface area contributed by atoms with E-state index in [0.717, 1.165) is 0 Å². The normalized spacial score (nSPS) is 26.6. The highest BCUT2D eigenvalue weighted by Gasteiger charge is 2.61. The van der Waals surface area contributed by atoms with Crippen LogP contribution >= 0.6 is 11.6 Å². The number of anilines is 1. The van der Waals surface area contributed by atoms with Crippen molar-refractivity contribution in [1.82, 2.24) is 5.32 Å². The van der Waals surface area contributed by atoms with Gasteiger partial charge in [0.1, 0.15) is 11.6 Å². The van der Waals surface area contributed by atoms with Gasteiger partial charge in [0.2, 0.25) is 5.91 Å². The Bertz CT molecular complexity index is 956. The second kappa shape index (κ2) is 6.53. The standard InChI is InChI=1S/C22H23ClF2N2O/c1-21(2,3)10-18-22(14-8-7-12(24)9-17(14)27-20(22)28)15(11-26-18)13-5-4-6-16(23)19(13)25/h4-9,15,18,26H,10-11H2,1-3H3,(H,27,28). The van der Waals surface area contributed by atoms with Crippen LogP contribution in [0.25, 0.3) is 0 Å². The molecule has 2 N–H and O–H groups in total. The third-order valence-corrected chi connectivity index (χ3v) is 6.18. The maximum absolute atomic E-state index is 15.0. The first-order chi connectivity index (χ1) is 13.1. The third kappa shape index (κ3) is 2.83. The Labute approximate surface area is 168 Å². The Hall–Kier alpha value is -1.98. The van der Waals surface area contributed by atoms with Crippen molar-refractivity contribution < 1.29 is 13.6 Å². The lowest BCUT2D eigenvalue weighted by atomic mass is 9.64. The van der Waals surface area contributed by atoms with Gasteiger partial charge in [0, 0.05) is 24.2 Å². The van der Waals surface area contributed by atoms with Gasteiger partial charge in [-0.2, -0.15) is 0 Å². The van der Waals surface area contributed by atoms with E-state index in [1.165, 1.54) is 18.2 Å². The van der Waals surface area contributed by atoms with E-state index >= 15 is 0 Å². The maximum Gasteiger partial charge on any atom is 0.237 e. The highest BCUT2D eigenvalue weighted by molar-refractivity contribution is 6.30. The van der Waals surface area contributed by atoms with Crippen LogP contribution in [-0.4, -0.2) is 18.5 Å². The molecule has 1 fully saturated rings. The highest BCUT2D eigenvalue weighted by atomic mass is 35.5. The molecule has 2 aliphatic heterocycles. The minimum absolute atomic E-state index is 0.0321. The fourth-order valence-electron chi connectivity index (χ4n) is 4.84. The van der Waals surface area contributed by atoms with E-state index in [4.69, 9.17) is 11.6 Å². The zero-order chi connectivity index (χ0) is 20.3. The molecule has 1 saturated heterocycles. The molecule has 3 unspecified atom stereocenters. The molecule has 0 radical (unpaired) electrons. The SMILES string of the molecule is CC(C)(C)CC1NCC(c2cccc(Cl)c2F)C12C(=O)Nc1cc(F)ccc12. The van der Waals surface area contributed by atoms with E-state index in [1.54, 1.807) is 18.2 Å². The lowest BCUT2D eigenvalue weighted by molar-refractivity contribution is -0.121. The summed E-state index contributed by atoms with van der Waals surface area (Å²) in [6.45, 7) is 6.75. The molecule has 0 aliphatic carbocycles. The zero-order valence-electron chi connectivity index (χ0n) is 16.1. The fraction of sp³-hybridized carbons (Fsp3) is 0.409. The summed E-state index contributed by atoms with van der Waals surface area (Å²) in [7, 11) is 0. The lowest BCUT2D eigenvalue weighted by Crippen LogP contribution is -2.49. The van der Waals surface area contributed by atoms with Crippen molar-refractivity contribution >= 4 is 23.2 Å². The van der Waals surface area contributed by atoms with E-state index < -0.39 is 23.0 Å². The van der Waals surface area contributed by atoms with Gasteiger partial charge < -0.3 is 10.6 Å². The number of rotatable bonds is 2. The molecule has 0 aromatic heterocycles. The molecule has 3 atom stereocenters. The van der Waals surface area contributed by atoms with Crippen molar-refractivity contribution in [1.29, 1.82) is 0 Å². The van der Waals surface area contributed by atoms with Crippen molar-refractivity contribution in [2.24, 2.45) is 5.41 Å². The first kappa shape index (κ1) is 19.3. The number of carbonyl (C=O) groups excluding carboxylic acids is 1. The average Bonchev–Trinajstić information content (AvgIpc) is 3.09. The topological polar surface area (TPSA) is 41.1 Å². The van der Waals surface area contributed by atoms with E-state index in [9.17, 15) is 13.6 Å². The molecule has 0 bridgehead atoms. The van der Waals surface area contributed by atoms with E-state index in [1.807, 2.05) is 0 Å². The average molecular weight is 405 g/mol. The van der Waals surface area contributed by atoms with Crippen molar-refractivity contribution in [2.45, 2.75) is 44.6 Å². The van der Waals surface area contributed by atoms with Gasteiger partial charge in [-0.15, -0.1) is 0 Å². The molecule has 2 heterocycles. The first-order valence-corrected chi connectivity index (χ1v) is 9.81. The van der Waals surface area contributed by atoms with Gasteiger partial charge in [-0.3, -0.25) is 4.79 Å². The highest BCUT2D eigenvalue weighted by Crippen LogP contribution is 2.54. The molecule has 2 aliphatic rings. The van der Waals surface area contributed by atoms with Gasteiger partial charge in [0.05, 0.1) is 10.4 Å². The van der Waals surface area contributed by atoms with Gasteiger partial charge in [-0.05, 0) is 41.2 Å².